The highest BCUT2D eigenvalue weighted by Crippen LogP contribution is 2.58. The van der Waals surface area contributed by atoms with Gasteiger partial charge < -0.3 is 10.2 Å². The highest BCUT2D eigenvalue weighted by Gasteiger charge is 2.49. The SMILES string of the molecule is CC1(C)CC1c1nc2ccc(N)cc2o1. The van der Waals surface area contributed by atoms with Gasteiger partial charge in [-0.2, -0.15) is 0 Å². The summed E-state index contributed by atoms with van der Waals surface area (Å²) in [5, 5.41) is 0. The Labute approximate surface area is 88.3 Å². The van der Waals surface area contributed by atoms with Crippen LogP contribution in [0.25, 0.3) is 11.1 Å². The molecule has 1 fully saturated rings. The van der Waals surface area contributed by atoms with Crippen LogP contribution in [0, 0.1) is 5.41 Å². The van der Waals surface area contributed by atoms with Crippen LogP contribution in [0.3, 0.4) is 0 Å². The second kappa shape index (κ2) is 2.54. The second-order valence-corrected chi connectivity index (χ2v) is 5.02. The van der Waals surface area contributed by atoms with Crippen molar-refractivity contribution in [3.8, 4) is 0 Å². The number of oxazole rings is 1. The van der Waals surface area contributed by atoms with Crippen LogP contribution in [0.5, 0.6) is 0 Å². The fourth-order valence-corrected chi connectivity index (χ4v) is 2.00. The molecule has 2 aromatic rings. The van der Waals surface area contributed by atoms with E-state index in [-0.39, 0.29) is 0 Å². The van der Waals surface area contributed by atoms with E-state index in [1.54, 1.807) is 0 Å². The molecule has 0 aliphatic heterocycles. The van der Waals surface area contributed by atoms with Crippen molar-refractivity contribution < 1.29 is 4.42 Å². The molecule has 3 rings (SSSR count). The van der Waals surface area contributed by atoms with Crippen LogP contribution in [0.15, 0.2) is 22.6 Å². The summed E-state index contributed by atoms with van der Waals surface area (Å²) in [6.07, 6.45) is 1.16. The number of anilines is 1. The van der Waals surface area contributed by atoms with Gasteiger partial charge in [0.2, 0.25) is 0 Å². The molecule has 0 saturated heterocycles. The van der Waals surface area contributed by atoms with E-state index in [2.05, 4.69) is 18.8 Å². The van der Waals surface area contributed by atoms with Crippen molar-refractivity contribution in [1.29, 1.82) is 0 Å². The first kappa shape index (κ1) is 8.77. The molecule has 1 heterocycles. The van der Waals surface area contributed by atoms with E-state index >= 15 is 0 Å². The molecule has 1 aromatic carbocycles. The van der Waals surface area contributed by atoms with E-state index in [0.717, 1.165) is 29.1 Å². The molecule has 3 heteroatoms. The van der Waals surface area contributed by atoms with Crippen molar-refractivity contribution in [2.45, 2.75) is 26.2 Å². The predicted molar refractivity (Wildman–Crippen MR) is 59.6 cm³/mol. The molecule has 1 aliphatic carbocycles. The van der Waals surface area contributed by atoms with Crippen LogP contribution in [0.2, 0.25) is 0 Å². The van der Waals surface area contributed by atoms with Crippen molar-refractivity contribution in [2.75, 3.05) is 5.73 Å². The number of rotatable bonds is 1. The number of nitrogens with zero attached hydrogens (tertiary/aromatic N) is 1. The molecule has 1 aliphatic rings. The Morgan fingerprint density at radius 1 is 1.47 bits per heavy atom. The van der Waals surface area contributed by atoms with Crippen molar-refractivity contribution in [1.82, 2.24) is 4.98 Å². The highest BCUT2D eigenvalue weighted by molar-refractivity contribution is 5.76. The van der Waals surface area contributed by atoms with E-state index in [9.17, 15) is 0 Å². The molecule has 78 valence electrons. The number of nitrogen functional groups attached to an aromatic ring is 1. The number of hydrogen-bond donors (Lipinski definition) is 1. The van der Waals surface area contributed by atoms with Gasteiger partial charge in [0.1, 0.15) is 5.52 Å². The summed E-state index contributed by atoms with van der Waals surface area (Å²) in [5.74, 6) is 1.34. The van der Waals surface area contributed by atoms with Gasteiger partial charge in [0.05, 0.1) is 0 Å². The Kier molecular flexibility index (Phi) is 1.48. The molecule has 0 amide bonds. The first-order chi connectivity index (χ1) is 7.06. The fraction of sp³-hybridized carbons (Fsp3) is 0.417. The van der Waals surface area contributed by atoms with Gasteiger partial charge in [-0.3, -0.25) is 0 Å². The maximum absolute atomic E-state index is 5.72. The summed E-state index contributed by atoms with van der Waals surface area (Å²) < 4.78 is 5.72. The summed E-state index contributed by atoms with van der Waals surface area (Å²) in [6.45, 7) is 4.47. The third kappa shape index (κ3) is 1.30. The number of fused-ring (bicyclic) bond motifs is 1. The summed E-state index contributed by atoms with van der Waals surface area (Å²) in [6, 6.07) is 5.60. The lowest BCUT2D eigenvalue weighted by molar-refractivity contribution is 0.493. The second-order valence-electron chi connectivity index (χ2n) is 5.02. The zero-order valence-electron chi connectivity index (χ0n) is 8.95. The Balaban J connectivity index is 2.08. The average molecular weight is 202 g/mol. The first-order valence-corrected chi connectivity index (χ1v) is 5.22. The van der Waals surface area contributed by atoms with Gasteiger partial charge in [0.25, 0.3) is 0 Å². The molecule has 0 spiro atoms. The lowest BCUT2D eigenvalue weighted by atomic mass is 10.1. The van der Waals surface area contributed by atoms with Crippen LogP contribution in [0.1, 0.15) is 32.1 Å². The van der Waals surface area contributed by atoms with E-state index < -0.39 is 0 Å². The molecule has 1 saturated carbocycles. The fourth-order valence-electron chi connectivity index (χ4n) is 2.00. The van der Waals surface area contributed by atoms with Gasteiger partial charge in [-0.15, -0.1) is 0 Å². The van der Waals surface area contributed by atoms with Crippen LogP contribution in [-0.4, -0.2) is 4.98 Å². The lowest BCUT2D eigenvalue weighted by Gasteiger charge is -1.96. The van der Waals surface area contributed by atoms with Crippen LogP contribution in [-0.2, 0) is 0 Å². The molecule has 1 aromatic heterocycles. The Bertz CT molecular complexity index is 527. The lowest BCUT2D eigenvalue weighted by Crippen LogP contribution is -1.89. The molecule has 3 nitrogen and oxygen atoms in total. The van der Waals surface area contributed by atoms with Gasteiger partial charge >= 0.3 is 0 Å². The first-order valence-electron chi connectivity index (χ1n) is 5.22. The van der Waals surface area contributed by atoms with Gasteiger partial charge in [-0.1, -0.05) is 13.8 Å². The van der Waals surface area contributed by atoms with Crippen LogP contribution in [0.4, 0.5) is 5.69 Å². The Morgan fingerprint density at radius 2 is 2.20 bits per heavy atom. The minimum atomic E-state index is 0.354. The Morgan fingerprint density at radius 3 is 2.87 bits per heavy atom. The maximum Gasteiger partial charge on any atom is 0.199 e. The van der Waals surface area contributed by atoms with E-state index in [4.69, 9.17) is 10.2 Å². The van der Waals surface area contributed by atoms with Gasteiger partial charge in [-0.25, -0.2) is 4.98 Å². The third-order valence-corrected chi connectivity index (χ3v) is 3.24. The molecule has 2 N–H and O–H groups in total. The highest BCUT2D eigenvalue weighted by atomic mass is 16.3. The zero-order chi connectivity index (χ0) is 10.6. The van der Waals surface area contributed by atoms with Gasteiger partial charge in [0.15, 0.2) is 11.5 Å². The molecular formula is C12H14N2O. The predicted octanol–water partition coefficient (Wildman–Crippen LogP) is 2.92. The van der Waals surface area contributed by atoms with Crippen molar-refractivity contribution in [2.24, 2.45) is 5.41 Å². The number of aromatic nitrogens is 1. The summed E-state index contributed by atoms with van der Waals surface area (Å²) in [5.41, 5.74) is 8.47. The quantitative estimate of drug-likeness (QED) is 0.723. The topological polar surface area (TPSA) is 52.0 Å². The van der Waals surface area contributed by atoms with Crippen molar-refractivity contribution >= 4 is 16.8 Å². The van der Waals surface area contributed by atoms with E-state index in [1.807, 2.05) is 18.2 Å². The normalized spacial score (nSPS) is 23.2. The smallest absolute Gasteiger partial charge is 0.199 e. The Hall–Kier alpha value is -1.51. The maximum atomic E-state index is 5.72. The summed E-state index contributed by atoms with van der Waals surface area (Å²) in [7, 11) is 0. The van der Waals surface area contributed by atoms with Crippen LogP contribution >= 0.6 is 0 Å². The number of hydrogen-bond acceptors (Lipinski definition) is 3. The third-order valence-electron chi connectivity index (χ3n) is 3.24. The summed E-state index contributed by atoms with van der Waals surface area (Å²) in [4.78, 5) is 4.49. The molecule has 0 bridgehead atoms. The minimum absolute atomic E-state index is 0.354. The van der Waals surface area contributed by atoms with Gasteiger partial charge in [-0.05, 0) is 24.0 Å². The molecule has 15 heavy (non-hydrogen) atoms. The zero-order valence-corrected chi connectivity index (χ0v) is 8.95. The van der Waals surface area contributed by atoms with E-state index in [1.165, 1.54) is 0 Å². The van der Waals surface area contributed by atoms with Gasteiger partial charge in [0, 0.05) is 17.7 Å². The number of nitrogens with two attached hydrogens (primary N) is 1. The molecular weight excluding hydrogens is 188 g/mol. The van der Waals surface area contributed by atoms with Crippen LogP contribution < -0.4 is 5.73 Å². The summed E-state index contributed by atoms with van der Waals surface area (Å²) >= 11 is 0. The average Bonchev–Trinajstić information content (AvgIpc) is 2.63. The number of benzene rings is 1. The molecule has 0 radical (unpaired) electrons. The monoisotopic (exact) mass is 202 g/mol. The van der Waals surface area contributed by atoms with Crippen molar-refractivity contribution in [3.05, 3.63) is 24.1 Å². The van der Waals surface area contributed by atoms with Crippen molar-refractivity contribution in [3.63, 3.8) is 0 Å². The molecule has 1 atom stereocenters. The standard InChI is InChI=1S/C12H14N2O/c1-12(2)6-8(12)11-14-9-4-3-7(13)5-10(9)15-11/h3-5,8H,6,13H2,1-2H3. The van der Waals surface area contributed by atoms with E-state index in [0.29, 0.717) is 11.3 Å². The largest absolute Gasteiger partial charge is 0.440 e. The molecule has 1 unspecified atom stereocenters. The minimum Gasteiger partial charge on any atom is -0.440 e.